The van der Waals surface area contributed by atoms with Crippen LogP contribution in [0.3, 0.4) is 0 Å². The first-order valence-electron chi connectivity index (χ1n) is 5.28. The standard InChI is InChI=1S/C11H20O/c1-10(12)8-9-11-6-4-2-3-5-7-11/h11H,2-9H2,1H3. The number of carbonyl (C=O) groups excluding carboxylic acids is 1. The second-order valence-corrected chi connectivity index (χ2v) is 4.10. The molecule has 0 N–H and O–H groups in total. The summed E-state index contributed by atoms with van der Waals surface area (Å²) >= 11 is 0. The van der Waals surface area contributed by atoms with Crippen molar-refractivity contribution in [3.8, 4) is 0 Å². The molecular formula is C11H20O. The van der Waals surface area contributed by atoms with Gasteiger partial charge in [-0.2, -0.15) is 0 Å². The Morgan fingerprint density at radius 3 is 2.25 bits per heavy atom. The first-order valence-corrected chi connectivity index (χ1v) is 5.28. The summed E-state index contributed by atoms with van der Waals surface area (Å²) < 4.78 is 0. The predicted molar refractivity (Wildman–Crippen MR) is 51.1 cm³/mol. The molecular weight excluding hydrogens is 148 g/mol. The minimum absolute atomic E-state index is 0.360. The molecule has 0 spiro atoms. The summed E-state index contributed by atoms with van der Waals surface area (Å²) in [5, 5.41) is 0. The van der Waals surface area contributed by atoms with Gasteiger partial charge in [-0.3, -0.25) is 0 Å². The lowest BCUT2D eigenvalue weighted by Gasteiger charge is -2.11. The van der Waals surface area contributed by atoms with Crippen LogP contribution in [0.4, 0.5) is 0 Å². The molecule has 0 heterocycles. The van der Waals surface area contributed by atoms with Crippen LogP contribution in [0.5, 0.6) is 0 Å². The van der Waals surface area contributed by atoms with Crippen LogP contribution in [0.2, 0.25) is 0 Å². The molecule has 0 aromatic carbocycles. The summed E-state index contributed by atoms with van der Waals surface area (Å²) in [6, 6.07) is 0. The van der Waals surface area contributed by atoms with Crippen molar-refractivity contribution in [1.29, 1.82) is 0 Å². The highest BCUT2D eigenvalue weighted by molar-refractivity contribution is 5.75. The molecule has 1 nitrogen and oxygen atoms in total. The van der Waals surface area contributed by atoms with E-state index in [1.807, 2.05) is 0 Å². The molecule has 0 atom stereocenters. The number of hydrogen-bond acceptors (Lipinski definition) is 1. The maximum atomic E-state index is 10.8. The van der Waals surface area contributed by atoms with Crippen molar-refractivity contribution in [2.45, 2.75) is 58.3 Å². The quantitative estimate of drug-likeness (QED) is 0.591. The Balaban J connectivity index is 2.16. The summed E-state index contributed by atoms with van der Waals surface area (Å²) in [5.41, 5.74) is 0. The molecule has 0 saturated heterocycles. The topological polar surface area (TPSA) is 17.1 Å². The van der Waals surface area contributed by atoms with Gasteiger partial charge in [0.1, 0.15) is 5.78 Å². The molecule has 0 bridgehead atoms. The third-order valence-electron chi connectivity index (χ3n) is 2.88. The maximum Gasteiger partial charge on any atom is 0.129 e. The minimum Gasteiger partial charge on any atom is -0.300 e. The summed E-state index contributed by atoms with van der Waals surface area (Å²) in [7, 11) is 0. The van der Waals surface area contributed by atoms with Crippen LogP contribution in [0.15, 0.2) is 0 Å². The van der Waals surface area contributed by atoms with Gasteiger partial charge in [0.2, 0.25) is 0 Å². The van der Waals surface area contributed by atoms with Crippen LogP contribution in [-0.4, -0.2) is 5.78 Å². The van der Waals surface area contributed by atoms with Crippen molar-refractivity contribution in [3.05, 3.63) is 0 Å². The normalized spacial score (nSPS) is 20.4. The number of carbonyl (C=O) groups is 1. The average molecular weight is 168 g/mol. The smallest absolute Gasteiger partial charge is 0.129 e. The van der Waals surface area contributed by atoms with Crippen molar-refractivity contribution < 1.29 is 4.79 Å². The molecule has 1 heteroatoms. The monoisotopic (exact) mass is 168 g/mol. The van der Waals surface area contributed by atoms with Crippen LogP contribution in [0.1, 0.15) is 58.3 Å². The van der Waals surface area contributed by atoms with Gasteiger partial charge < -0.3 is 4.79 Å². The zero-order valence-corrected chi connectivity index (χ0v) is 8.14. The average Bonchev–Trinajstić information content (AvgIpc) is 2.28. The third-order valence-corrected chi connectivity index (χ3v) is 2.88. The van der Waals surface area contributed by atoms with Gasteiger partial charge in [-0.15, -0.1) is 0 Å². The molecule has 0 aromatic heterocycles. The van der Waals surface area contributed by atoms with Crippen LogP contribution in [-0.2, 0) is 4.79 Å². The van der Waals surface area contributed by atoms with Gasteiger partial charge in [0, 0.05) is 6.42 Å². The Morgan fingerprint density at radius 1 is 1.17 bits per heavy atom. The highest BCUT2D eigenvalue weighted by atomic mass is 16.1. The highest BCUT2D eigenvalue weighted by Gasteiger charge is 2.12. The molecule has 1 rings (SSSR count). The van der Waals surface area contributed by atoms with Gasteiger partial charge in [0.15, 0.2) is 0 Å². The van der Waals surface area contributed by atoms with Crippen LogP contribution < -0.4 is 0 Å². The van der Waals surface area contributed by atoms with E-state index in [2.05, 4.69) is 0 Å². The van der Waals surface area contributed by atoms with Crippen LogP contribution >= 0.6 is 0 Å². The van der Waals surface area contributed by atoms with Crippen molar-refractivity contribution in [3.63, 3.8) is 0 Å². The lowest BCUT2D eigenvalue weighted by molar-refractivity contribution is -0.117. The number of rotatable bonds is 3. The Bertz CT molecular complexity index is 132. The third kappa shape index (κ3) is 3.89. The fourth-order valence-corrected chi connectivity index (χ4v) is 2.06. The Hall–Kier alpha value is -0.330. The van der Waals surface area contributed by atoms with Gasteiger partial charge in [-0.1, -0.05) is 38.5 Å². The first-order chi connectivity index (χ1) is 5.79. The molecule has 0 radical (unpaired) electrons. The Labute approximate surface area is 75.5 Å². The summed E-state index contributed by atoms with van der Waals surface area (Å²) in [6.45, 7) is 1.71. The van der Waals surface area contributed by atoms with E-state index in [-0.39, 0.29) is 0 Å². The molecule has 70 valence electrons. The minimum atomic E-state index is 0.360. The maximum absolute atomic E-state index is 10.8. The first kappa shape index (κ1) is 9.76. The van der Waals surface area contributed by atoms with E-state index < -0.39 is 0 Å². The van der Waals surface area contributed by atoms with Crippen molar-refractivity contribution in [1.82, 2.24) is 0 Å². The lowest BCUT2D eigenvalue weighted by Crippen LogP contribution is -2.01. The van der Waals surface area contributed by atoms with E-state index in [1.165, 1.54) is 38.5 Å². The second kappa shape index (κ2) is 5.34. The van der Waals surface area contributed by atoms with Gasteiger partial charge >= 0.3 is 0 Å². The molecule has 0 aromatic rings. The molecule has 12 heavy (non-hydrogen) atoms. The molecule has 1 aliphatic carbocycles. The van der Waals surface area contributed by atoms with Gasteiger partial charge in [-0.25, -0.2) is 0 Å². The fraction of sp³-hybridized carbons (Fsp3) is 0.909. The van der Waals surface area contributed by atoms with E-state index in [1.54, 1.807) is 6.92 Å². The van der Waals surface area contributed by atoms with E-state index in [0.717, 1.165) is 18.8 Å². The van der Waals surface area contributed by atoms with Crippen molar-refractivity contribution >= 4 is 5.78 Å². The number of ketones is 1. The van der Waals surface area contributed by atoms with Crippen molar-refractivity contribution in [2.24, 2.45) is 5.92 Å². The van der Waals surface area contributed by atoms with Crippen LogP contribution in [0.25, 0.3) is 0 Å². The molecule has 1 aliphatic rings. The van der Waals surface area contributed by atoms with E-state index >= 15 is 0 Å². The molecule has 0 aliphatic heterocycles. The van der Waals surface area contributed by atoms with Gasteiger partial charge in [0.05, 0.1) is 0 Å². The molecule has 1 fully saturated rings. The largest absolute Gasteiger partial charge is 0.300 e. The highest BCUT2D eigenvalue weighted by Crippen LogP contribution is 2.26. The molecule has 0 amide bonds. The zero-order valence-electron chi connectivity index (χ0n) is 8.14. The predicted octanol–water partition coefficient (Wildman–Crippen LogP) is 3.33. The Kier molecular flexibility index (Phi) is 4.34. The SMILES string of the molecule is CC(=O)CCC1CCCCCC1. The van der Waals surface area contributed by atoms with E-state index in [0.29, 0.717) is 5.78 Å². The van der Waals surface area contributed by atoms with E-state index in [4.69, 9.17) is 0 Å². The lowest BCUT2D eigenvalue weighted by atomic mass is 9.94. The van der Waals surface area contributed by atoms with Gasteiger partial charge in [0.25, 0.3) is 0 Å². The molecule has 1 saturated carbocycles. The molecule has 0 unspecified atom stereocenters. The van der Waals surface area contributed by atoms with Gasteiger partial charge in [-0.05, 0) is 19.3 Å². The number of hydrogen-bond donors (Lipinski definition) is 0. The van der Waals surface area contributed by atoms with E-state index in [9.17, 15) is 4.79 Å². The summed E-state index contributed by atoms with van der Waals surface area (Å²) in [4.78, 5) is 10.8. The summed E-state index contributed by atoms with van der Waals surface area (Å²) in [6.07, 6.45) is 10.3. The second-order valence-electron chi connectivity index (χ2n) is 4.10. The fourth-order valence-electron chi connectivity index (χ4n) is 2.06. The zero-order chi connectivity index (χ0) is 8.81. The van der Waals surface area contributed by atoms with Crippen LogP contribution in [0, 0.1) is 5.92 Å². The number of Topliss-reactive ketones (excluding diaryl/α,β-unsaturated/α-hetero) is 1. The Morgan fingerprint density at radius 2 is 1.75 bits per heavy atom. The van der Waals surface area contributed by atoms with Crippen molar-refractivity contribution in [2.75, 3.05) is 0 Å². The summed E-state index contributed by atoms with van der Waals surface area (Å²) in [5.74, 6) is 1.22.